The summed E-state index contributed by atoms with van der Waals surface area (Å²) in [4.78, 5) is 4.66. The first kappa shape index (κ1) is 13.7. The Balaban J connectivity index is 2.61. The van der Waals surface area contributed by atoms with E-state index in [4.69, 9.17) is 11.6 Å². The van der Waals surface area contributed by atoms with Gasteiger partial charge in [-0.25, -0.2) is 4.98 Å². The van der Waals surface area contributed by atoms with Gasteiger partial charge in [-0.05, 0) is 20.1 Å². The molecule has 2 aromatic heterocycles. The van der Waals surface area contributed by atoms with Crippen LogP contribution in [0.1, 0.15) is 30.7 Å². The lowest BCUT2D eigenvalue weighted by molar-refractivity contribution is 0.635. The first-order valence-electron chi connectivity index (χ1n) is 6.02. The zero-order valence-corrected chi connectivity index (χ0v) is 13.0. The predicted octanol–water partition coefficient (Wildman–Crippen LogP) is 3.13. The average molecular weight is 287 g/mol. The third kappa shape index (κ3) is 2.26. The molecule has 18 heavy (non-hydrogen) atoms. The minimum Gasteiger partial charge on any atom is -0.311 e. The van der Waals surface area contributed by atoms with E-state index in [0.29, 0.717) is 5.25 Å². The van der Waals surface area contributed by atoms with E-state index < -0.39 is 0 Å². The molecule has 2 rings (SSSR count). The molecule has 0 fully saturated rings. The van der Waals surface area contributed by atoms with E-state index in [1.165, 1.54) is 0 Å². The van der Waals surface area contributed by atoms with Crippen molar-refractivity contribution < 1.29 is 0 Å². The summed E-state index contributed by atoms with van der Waals surface area (Å²) in [6.45, 7) is 7.07. The molecule has 0 aliphatic carbocycles. The van der Waals surface area contributed by atoms with Crippen LogP contribution in [0.4, 0.5) is 0 Å². The number of hydrogen-bond acceptors (Lipinski definition) is 3. The molecule has 6 heteroatoms. The number of thioether (sulfide) groups is 1. The van der Waals surface area contributed by atoms with Crippen molar-refractivity contribution in [1.82, 2.24) is 19.3 Å². The largest absolute Gasteiger partial charge is 0.311 e. The summed E-state index contributed by atoms with van der Waals surface area (Å²) in [5, 5.41) is 4.86. The maximum Gasteiger partial charge on any atom is 0.158 e. The van der Waals surface area contributed by atoms with Crippen molar-refractivity contribution in [1.29, 1.82) is 0 Å². The van der Waals surface area contributed by atoms with Gasteiger partial charge in [0, 0.05) is 18.8 Å². The van der Waals surface area contributed by atoms with Crippen molar-refractivity contribution in [2.24, 2.45) is 7.05 Å². The van der Waals surface area contributed by atoms with Crippen LogP contribution in [0.3, 0.4) is 0 Å². The third-order valence-electron chi connectivity index (χ3n) is 3.12. The van der Waals surface area contributed by atoms with E-state index in [1.54, 1.807) is 0 Å². The van der Waals surface area contributed by atoms with Crippen LogP contribution in [0, 0.1) is 6.92 Å². The van der Waals surface area contributed by atoms with Gasteiger partial charge < -0.3 is 4.57 Å². The molecule has 0 bridgehead atoms. The first-order valence-corrected chi connectivity index (χ1v) is 7.74. The number of aromatic nitrogens is 4. The standard InChI is InChI=1S/C12H19ClN4S/c1-7(18-5)6-17-11(8(2)13)14-10-9(3)15-16(4)12(10)17/h7-8H,6H2,1-5H3. The third-order valence-corrected chi connectivity index (χ3v) is 4.27. The SMILES string of the molecule is CSC(C)Cn1c(C(C)Cl)nc2c(C)nn(C)c21. The van der Waals surface area contributed by atoms with Crippen LogP contribution >= 0.6 is 23.4 Å². The highest BCUT2D eigenvalue weighted by atomic mass is 35.5. The van der Waals surface area contributed by atoms with Crippen LogP contribution in [0.25, 0.3) is 11.2 Å². The molecule has 0 aliphatic rings. The molecule has 0 N–H and O–H groups in total. The van der Waals surface area contributed by atoms with Crippen molar-refractivity contribution in [2.75, 3.05) is 6.26 Å². The summed E-state index contributed by atoms with van der Waals surface area (Å²) in [7, 11) is 1.96. The number of halogens is 1. The Kier molecular flexibility index (Phi) is 3.92. The smallest absolute Gasteiger partial charge is 0.158 e. The summed E-state index contributed by atoms with van der Waals surface area (Å²) >= 11 is 8.09. The highest BCUT2D eigenvalue weighted by Gasteiger charge is 2.20. The van der Waals surface area contributed by atoms with E-state index in [-0.39, 0.29) is 5.38 Å². The molecule has 2 atom stereocenters. The number of imidazole rings is 1. The topological polar surface area (TPSA) is 35.6 Å². The van der Waals surface area contributed by atoms with Gasteiger partial charge in [0.1, 0.15) is 11.3 Å². The molecule has 0 radical (unpaired) electrons. The van der Waals surface area contributed by atoms with Crippen molar-refractivity contribution >= 4 is 34.5 Å². The average Bonchev–Trinajstić information content (AvgIpc) is 2.79. The van der Waals surface area contributed by atoms with E-state index in [1.807, 2.05) is 37.3 Å². The molecule has 2 heterocycles. The Bertz CT molecular complexity index is 558. The highest BCUT2D eigenvalue weighted by Crippen LogP contribution is 2.27. The second-order valence-electron chi connectivity index (χ2n) is 4.62. The zero-order chi connectivity index (χ0) is 13.4. The fraction of sp³-hybridized carbons (Fsp3) is 0.667. The van der Waals surface area contributed by atoms with Gasteiger partial charge in [0.15, 0.2) is 5.65 Å². The van der Waals surface area contributed by atoms with Crippen LogP contribution in [-0.2, 0) is 13.6 Å². The number of nitrogens with zero attached hydrogens (tertiary/aromatic N) is 4. The van der Waals surface area contributed by atoms with Crippen LogP contribution in [0.5, 0.6) is 0 Å². The van der Waals surface area contributed by atoms with Crippen LogP contribution in [0.15, 0.2) is 0 Å². The Morgan fingerprint density at radius 1 is 1.39 bits per heavy atom. The van der Waals surface area contributed by atoms with E-state index >= 15 is 0 Å². The first-order chi connectivity index (χ1) is 8.45. The number of alkyl halides is 1. The Morgan fingerprint density at radius 2 is 2.06 bits per heavy atom. The van der Waals surface area contributed by atoms with Gasteiger partial charge in [-0.1, -0.05) is 6.92 Å². The maximum absolute atomic E-state index is 6.25. The predicted molar refractivity (Wildman–Crippen MR) is 78.5 cm³/mol. The summed E-state index contributed by atoms with van der Waals surface area (Å²) in [6.07, 6.45) is 2.12. The van der Waals surface area contributed by atoms with Gasteiger partial charge >= 0.3 is 0 Å². The molecule has 4 nitrogen and oxygen atoms in total. The molecule has 0 spiro atoms. The van der Waals surface area contributed by atoms with Gasteiger partial charge in [-0.3, -0.25) is 4.68 Å². The lowest BCUT2D eigenvalue weighted by Crippen LogP contribution is -2.14. The van der Waals surface area contributed by atoms with Gasteiger partial charge in [-0.15, -0.1) is 11.6 Å². The minimum atomic E-state index is -0.0918. The second-order valence-corrected chi connectivity index (χ2v) is 6.55. The lowest BCUT2D eigenvalue weighted by atomic mass is 10.4. The fourth-order valence-electron chi connectivity index (χ4n) is 2.17. The number of rotatable bonds is 4. The van der Waals surface area contributed by atoms with Gasteiger partial charge in [0.25, 0.3) is 0 Å². The van der Waals surface area contributed by atoms with E-state index in [2.05, 4.69) is 27.8 Å². The molecule has 0 aliphatic heterocycles. The van der Waals surface area contributed by atoms with Crippen molar-refractivity contribution in [3.63, 3.8) is 0 Å². The fourth-order valence-corrected chi connectivity index (χ4v) is 2.63. The van der Waals surface area contributed by atoms with Gasteiger partial charge in [0.2, 0.25) is 0 Å². The molecule has 2 unspecified atom stereocenters. The molecule has 0 aromatic carbocycles. The van der Waals surface area contributed by atoms with Crippen LogP contribution in [-0.4, -0.2) is 30.8 Å². The molecule has 0 saturated carbocycles. The van der Waals surface area contributed by atoms with Crippen LogP contribution in [0.2, 0.25) is 0 Å². The summed E-state index contributed by atoms with van der Waals surface area (Å²) in [6, 6.07) is 0. The minimum absolute atomic E-state index is 0.0918. The molecule has 100 valence electrons. The molecule has 0 amide bonds. The quantitative estimate of drug-likeness (QED) is 0.810. The highest BCUT2D eigenvalue weighted by molar-refractivity contribution is 7.99. The summed E-state index contributed by atoms with van der Waals surface area (Å²) in [5.41, 5.74) is 2.99. The van der Waals surface area contributed by atoms with Crippen molar-refractivity contribution in [2.45, 2.75) is 37.9 Å². The second kappa shape index (κ2) is 5.13. The van der Waals surface area contributed by atoms with E-state index in [0.717, 1.165) is 29.2 Å². The van der Waals surface area contributed by atoms with Crippen molar-refractivity contribution in [3.05, 3.63) is 11.5 Å². The Morgan fingerprint density at radius 3 is 2.61 bits per heavy atom. The summed E-state index contributed by atoms with van der Waals surface area (Å²) < 4.78 is 4.10. The Hall–Kier alpha value is -0.680. The van der Waals surface area contributed by atoms with Crippen LogP contribution < -0.4 is 0 Å². The zero-order valence-electron chi connectivity index (χ0n) is 11.4. The van der Waals surface area contributed by atoms with Gasteiger partial charge in [-0.2, -0.15) is 16.9 Å². The normalized spacial score (nSPS) is 15.2. The maximum atomic E-state index is 6.25. The number of fused-ring (bicyclic) bond motifs is 1. The Labute approximate surface area is 117 Å². The van der Waals surface area contributed by atoms with Gasteiger partial charge in [0.05, 0.1) is 11.1 Å². The lowest BCUT2D eigenvalue weighted by Gasteiger charge is -2.14. The number of aryl methyl sites for hydroxylation is 2. The number of hydrogen-bond donors (Lipinski definition) is 0. The molecule has 2 aromatic rings. The monoisotopic (exact) mass is 286 g/mol. The summed E-state index contributed by atoms with van der Waals surface area (Å²) in [5.74, 6) is 0.934. The van der Waals surface area contributed by atoms with Crippen molar-refractivity contribution in [3.8, 4) is 0 Å². The molecule has 0 saturated heterocycles. The molecular weight excluding hydrogens is 268 g/mol. The molecular formula is C12H19ClN4S. The van der Waals surface area contributed by atoms with E-state index in [9.17, 15) is 0 Å².